The summed E-state index contributed by atoms with van der Waals surface area (Å²) >= 11 is 0. The smallest absolute Gasteiger partial charge is 0.197 e. The summed E-state index contributed by atoms with van der Waals surface area (Å²) in [5.41, 5.74) is 0. The van der Waals surface area contributed by atoms with Crippen molar-refractivity contribution >= 4 is 10.1 Å². The van der Waals surface area contributed by atoms with E-state index < -0.39 is 15.4 Å². The van der Waals surface area contributed by atoms with E-state index in [0.717, 1.165) is 0 Å². The van der Waals surface area contributed by atoms with Crippen LogP contribution in [0.15, 0.2) is 0 Å². The van der Waals surface area contributed by atoms with Gasteiger partial charge in [0, 0.05) is 6.42 Å². The second-order valence-corrected chi connectivity index (χ2v) is 3.84. The Bertz CT molecular complexity index is 222. The molecule has 0 aromatic heterocycles. The van der Waals surface area contributed by atoms with Gasteiger partial charge < -0.3 is 0 Å². The van der Waals surface area contributed by atoms with Crippen LogP contribution in [-0.2, 0) is 14.7 Å². The lowest BCUT2D eigenvalue weighted by Crippen LogP contribution is -2.14. The number of terminal acetylenes is 1. The Labute approximate surface area is 61.2 Å². The molecule has 0 aliphatic rings. The van der Waals surface area contributed by atoms with Gasteiger partial charge in [0.15, 0.2) is 0 Å². The van der Waals surface area contributed by atoms with E-state index in [1.807, 2.05) is 0 Å². The van der Waals surface area contributed by atoms with E-state index in [-0.39, 0.29) is 6.42 Å². The van der Waals surface area contributed by atoms with E-state index in [1.165, 1.54) is 6.92 Å². The highest BCUT2D eigenvalue weighted by atomic mass is 32.2. The molecule has 3 nitrogen and oxygen atoms in total. The molecule has 0 spiro atoms. The molecular formula is C6H9O3S. The highest BCUT2D eigenvalue weighted by molar-refractivity contribution is 7.86. The maximum atomic E-state index is 10.2. The zero-order valence-corrected chi connectivity index (χ0v) is 6.52. The number of hydrogen-bond donors (Lipinski definition) is 0. The second-order valence-electron chi connectivity index (χ2n) is 2.05. The van der Waals surface area contributed by atoms with Gasteiger partial charge in [0.05, 0.1) is 5.25 Å². The Balaban J connectivity index is 3.90. The van der Waals surface area contributed by atoms with Gasteiger partial charge in [0.2, 0.25) is 0 Å². The summed E-state index contributed by atoms with van der Waals surface area (Å²) in [7, 11) is -4.12. The molecule has 0 N–H and O–H groups in total. The quantitative estimate of drug-likeness (QED) is 0.567. The molecule has 1 radical (unpaired) electrons. The van der Waals surface area contributed by atoms with Gasteiger partial charge in [-0.25, -0.2) is 0 Å². The molecule has 0 aliphatic carbocycles. The molecule has 57 valence electrons. The van der Waals surface area contributed by atoms with Crippen LogP contribution in [0.1, 0.15) is 19.8 Å². The van der Waals surface area contributed by atoms with Crippen LogP contribution in [0, 0.1) is 12.3 Å². The Hall–Kier alpha value is -0.530. The van der Waals surface area contributed by atoms with Crippen molar-refractivity contribution in [1.29, 1.82) is 0 Å². The minimum atomic E-state index is -4.12. The molecule has 0 amide bonds. The molecule has 0 aromatic carbocycles. The highest BCUT2D eigenvalue weighted by Gasteiger charge is 2.17. The van der Waals surface area contributed by atoms with Crippen molar-refractivity contribution in [3.63, 3.8) is 0 Å². The summed E-state index contributed by atoms with van der Waals surface area (Å²) < 4.78 is 30.6. The molecule has 1 atom stereocenters. The minimum Gasteiger partial charge on any atom is -0.197 e. The van der Waals surface area contributed by atoms with Crippen molar-refractivity contribution in [3.05, 3.63) is 0 Å². The van der Waals surface area contributed by atoms with Crippen molar-refractivity contribution < 1.29 is 13.0 Å². The van der Waals surface area contributed by atoms with Crippen molar-refractivity contribution in [3.8, 4) is 12.3 Å². The first-order valence-corrected chi connectivity index (χ1v) is 4.33. The maximum absolute atomic E-state index is 10.2. The third kappa shape index (κ3) is 3.49. The zero-order valence-electron chi connectivity index (χ0n) is 5.70. The van der Waals surface area contributed by atoms with Crippen LogP contribution in [0.4, 0.5) is 0 Å². The van der Waals surface area contributed by atoms with Gasteiger partial charge in [-0.2, -0.15) is 8.42 Å². The van der Waals surface area contributed by atoms with Crippen LogP contribution in [0.2, 0.25) is 0 Å². The van der Waals surface area contributed by atoms with Gasteiger partial charge in [-0.3, -0.25) is 0 Å². The lowest BCUT2D eigenvalue weighted by atomic mass is 10.3. The molecular weight excluding hydrogens is 152 g/mol. The predicted octanol–water partition coefficient (Wildman–Crippen LogP) is 0.549. The minimum absolute atomic E-state index is 0.252. The first kappa shape index (κ1) is 9.47. The fraction of sp³-hybridized carbons (Fsp3) is 0.667. The van der Waals surface area contributed by atoms with E-state index in [9.17, 15) is 13.0 Å². The molecule has 1 unspecified atom stereocenters. The van der Waals surface area contributed by atoms with E-state index in [0.29, 0.717) is 6.42 Å². The number of rotatable bonds is 3. The van der Waals surface area contributed by atoms with Gasteiger partial charge in [-0.1, -0.05) is 4.55 Å². The molecule has 0 fully saturated rings. The molecule has 0 rings (SSSR count). The van der Waals surface area contributed by atoms with Crippen LogP contribution in [0.5, 0.6) is 0 Å². The molecule has 0 heterocycles. The topological polar surface area (TPSA) is 54.0 Å². The van der Waals surface area contributed by atoms with Crippen LogP contribution in [-0.4, -0.2) is 13.7 Å². The largest absolute Gasteiger partial charge is 0.297 e. The van der Waals surface area contributed by atoms with Crippen molar-refractivity contribution in [1.82, 2.24) is 0 Å². The lowest BCUT2D eigenvalue weighted by molar-refractivity contribution is 0.402. The second kappa shape index (κ2) is 3.59. The molecule has 0 saturated carbocycles. The molecule has 0 aromatic rings. The Morgan fingerprint density at radius 1 is 1.60 bits per heavy atom. The summed E-state index contributed by atoms with van der Waals surface area (Å²) in [4.78, 5) is 0. The normalized spacial score (nSPS) is 14.1. The Kier molecular flexibility index (Phi) is 3.40. The Morgan fingerprint density at radius 3 is 2.40 bits per heavy atom. The molecule has 10 heavy (non-hydrogen) atoms. The first-order chi connectivity index (χ1) is 4.48. The molecule has 0 aliphatic heterocycles. The SMILES string of the molecule is C#CCCC(C)S([O])(=O)=O. The van der Waals surface area contributed by atoms with Gasteiger partial charge in [0.1, 0.15) is 0 Å². The molecule has 4 heteroatoms. The standard InChI is InChI=1S/C6H9O3S/c1-3-4-5-6(2)10(7,8)9/h1,6H,4-5H2,2H3. The summed E-state index contributed by atoms with van der Waals surface area (Å²) in [5.74, 6) is 2.27. The van der Waals surface area contributed by atoms with Gasteiger partial charge in [-0.15, -0.1) is 12.3 Å². The average molecular weight is 161 g/mol. The maximum Gasteiger partial charge on any atom is 0.297 e. The monoisotopic (exact) mass is 161 g/mol. The molecule has 0 saturated heterocycles. The van der Waals surface area contributed by atoms with E-state index >= 15 is 0 Å². The number of hydrogen-bond acceptors (Lipinski definition) is 2. The highest BCUT2D eigenvalue weighted by Crippen LogP contribution is 2.05. The van der Waals surface area contributed by atoms with Gasteiger partial charge >= 0.3 is 0 Å². The summed E-state index contributed by atoms with van der Waals surface area (Å²) in [5, 5.41) is -0.858. The van der Waals surface area contributed by atoms with Gasteiger partial charge in [-0.05, 0) is 13.3 Å². The third-order valence-corrected chi connectivity index (χ3v) is 2.41. The first-order valence-electron chi connectivity index (χ1n) is 2.86. The van der Waals surface area contributed by atoms with Crippen LogP contribution < -0.4 is 0 Å². The van der Waals surface area contributed by atoms with Crippen molar-refractivity contribution in [2.24, 2.45) is 0 Å². The van der Waals surface area contributed by atoms with E-state index in [2.05, 4.69) is 5.92 Å². The Morgan fingerprint density at radius 2 is 2.10 bits per heavy atom. The average Bonchev–Trinajstić information content (AvgIpc) is 1.80. The fourth-order valence-corrected chi connectivity index (χ4v) is 0.837. The summed E-state index contributed by atoms with van der Waals surface area (Å²) in [6, 6.07) is 0. The predicted molar refractivity (Wildman–Crippen MR) is 37.1 cm³/mol. The summed E-state index contributed by atoms with van der Waals surface area (Å²) in [6.07, 6.45) is 5.46. The van der Waals surface area contributed by atoms with Crippen LogP contribution in [0.25, 0.3) is 0 Å². The molecule has 0 bridgehead atoms. The van der Waals surface area contributed by atoms with Crippen LogP contribution >= 0.6 is 0 Å². The van der Waals surface area contributed by atoms with Gasteiger partial charge in [0.25, 0.3) is 10.1 Å². The van der Waals surface area contributed by atoms with E-state index in [1.54, 1.807) is 0 Å². The van der Waals surface area contributed by atoms with E-state index in [4.69, 9.17) is 6.42 Å². The summed E-state index contributed by atoms with van der Waals surface area (Å²) in [6.45, 7) is 1.36. The fourth-order valence-electron chi connectivity index (χ4n) is 0.431. The van der Waals surface area contributed by atoms with Crippen molar-refractivity contribution in [2.75, 3.05) is 0 Å². The van der Waals surface area contributed by atoms with Crippen LogP contribution in [0.3, 0.4) is 0 Å². The zero-order chi connectivity index (χ0) is 8.20. The lowest BCUT2D eigenvalue weighted by Gasteiger charge is -2.01. The third-order valence-electron chi connectivity index (χ3n) is 1.19. The van der Waals surface area contributed by atoms with Crippen molar-refractivity contribution in [2.45, 2.75) is 25.0 Å².